The summed E-state index contributed by atoms with van der Waals surface area (Å²) in [5.41, 5.74) is 5.30. The van der Waals surface area contributed by atoms with Crippen LogP contribution in [-0.4, -0.2) is 49.3 Å². The number of rotatable bonds is 28. The molecule has 0 saturated carbocycles. The normalized spacial score (nSPS) is 14.9. The molecule has 262 valence electrons. The summed E-state index contributed by atoms with van der Waals surface area (Å²) in [5, 5.41) is 0. The van der Waals surface area contributed by atoms with Crippen molar-refractivity contribution in [1.82, 2.24) is 0 Å². The number of hydrogen-bond donors (Lipinski definition) is 2. The first-order valence-corrected chi connectivity index (χ1v) is 18.0. The van der Waals surface area contributed by atoms with Crippen molar-refractivity contribution in [2.45, 2.75) is 84.2 Å². The maximum absolute atomic E-state index is 12.4. The summed E-state index contributed by atoms with van der Waals surface area (Å²) in [6.07, 6.45) is 41.4. The zero-order valence-electron chi connectivity index (χ0n) is 28.2. The quantitative estimate of drug-likeness (QED) is 0.0363. The SMILES string of the molecule is CC/C=C/C=C/C=C/C=C/C=C/CCCC(=O)OCC(COP(=O)(O)OCCN)OC(=O)CCCCC/C=C/C=C/C=C/C=C/CC. The number of allylic oxidation sites excluding steroid dienone is 18. The van der Waals surface area contributed by atoms with E-state index in [1.54, 1.807) is 0 Å². The van der Waals surface area contributed by atoms with Gasteiger partial charge in [-0.3, -0.25) is 18.6 Å². The van der Waals surface area contributed by atoms with Crippen LogP contribution in [0.15, 0.2) is 109 Å². The average molecular weight is 674 g/mol. The van der Waals surface area contributed by atoms with Crippen molar-refractivity contribution in [2.75, 3.05) is 26.4 Å². The standard InChI is InChI=1S/C37H56NO8P/c1-3-5-7-9-11-13-15-17-19-21-23-25-27-29-36(39)43-33-35(34-45-47(41,42)44-32-31-38)46-37(40)30-28-26-24-22-20-18-16-14-12-10-8-6-4-2/h5-21,23,35H,3-4,22,24-34,38H2,1-2H3,(H,41,42)/b7-5+,8-6+,11-9+,12-10+,15-13+,16-14+,19-17+,20-18+,23-21+. The van der Waals surface area contributed by atoms with Crippen molar-refractivity contribution < 1.29 is 37.6 Å². The van der Waals surface area contributed by atoms with Crippen LogP contribution in [0.4, 0.5) is 0 Å². The third-order valence-corrected chi connectivity index (χ3v) is 6.86. The Morgan fingerprint density at radius 3 is 1.66 bits per heavy atom. The Balaban J connectivity index is 4.55. The Morgan fingerprint density at radius 1 is 0.638 bits per heavy atom. The predicted molar refractivity (Wildman–Crippen MR) is 191 cm³/mol. The highest BCUT2D eigenvalue weighted by Crippen LogP contribution is 2.43. The first kappa shape index (κ1) is 43.7. The van der Waals surface area contributed by atoms with Crippen LogP contribution in [0.2, 0.25) is 0 Å². The summed E-state index contributed by atoms with van der Waals surface area (Å²) in [5.74, 6) is -0.981. The molecule has 10 heteroatoms. The highest BCUT2D eigenvalue weighted by Gasteiger charge is 2.25. The second-order valence-corrected chi connectivity index (χ2v) is 11.6. The number of hydrogen-bond acceptors (Lipinski definition) is 8. The van der Waals surface area contributed by atoms with Gasteiger partial charge in [0.05, 0.1) is 13.2 Å². The monoisotopic (exact) mass is 673 g/mol. The fourth-order valence-electron chi connectivity index (χ4n) is 3.49. The maximum atomic E-state index is 12.4. The lowest BCUT2D eigenvalue weighted by atomic mass is 10.1. The molecule has 0 aliphatic heterocycles. The number of unbranched alkanes of at least 4 members (excludes halogenated alkanes) is 4. The summed E-state index contributed by atoms with van der Waals surface area (Å²) in [4.78, 5) is 34.5. The van der Waals surface area contributed by atoms with Gasteiger partial charge in [-0.25, -0.2) is 4.57 Å². The van der Waals surface area contributed by atoms with E-state index in [-0.39, 0.29) is 32.6 Å². The molecule has 0 aromatic carbocycles. The van der Waals surface area contributed by atoms with E-state index in [0.29, 0.717) is 19.3 Å². The summed E-state index contributed by atoms with van der Waals surface area (Å²) in [6.45, 7) is 3.24. The third-order valence-electron chi connectivity index (χ3n) is 5.88. The molecule has 47 heavy (non-hydrogen) atoms. The van der Waals surface area contributed by atoms with Crippen molar-refractivity contribution in [3.05, 3.63) is 109 Å². The summed E-state index contributed by atoms with van der Waals surface area (Å²) >= 11 is 0. The molecule has 0 bridgehead atoms. The van der Waals surface area contributed by atoms with E-state index < -0.39 is 32.5 Å². The minimum absolute atomic E-state index is 0.0298. The maximum Gasteiger partial charge on any atom is 0.472 e. The number of ether oxygens (including phenoxy) is 2. The van der Waals surface area contributed by atoms with Crippen LogP contribution in [0.3, 0.4) is 0 Å². The fourth-order valence-corrected chi connectivity index (χ4v) is 4.26. The minimum atomic E-state index is -4.40. The summed E-state index contributed by atoms with van der Waals surface area (Å²) < 4.78 is 32.4. The Kier molecular flexibility index (Phi) is 30.3. The molecule has 0 saturated heterocycles. The zero-order chi connectivity index (χ0) is 34.7. The Hall–Kier alpha value is -3.33. The van der Waals surface area contributed by atoms with E-state index >= 15 is 0 Å². The fraction of sp³-hybridized carbons (Fsp3) is 0.459. The van der Waals surface area contributed by atoms with Gasteiger partial charge in [-0.15, -0.1) is 0 Å². The van der Waals surface area contributed by atoms with E-state index in [9.17, 15) is 19.0 Å². The number of phosphoric acid groups is 1. The molecule has 0 aromatic rings. The van der Waals surface area contributed by atoms with Gasteiger partial charge in [0, 0.05) is 19.4 Å². The Bertz CT molecular complexity index is 1130. The van der Waals surface area contributed by atoms with E-state index in [1.165, 1.54) is 0 Å². The number of carbonyl (C=O) groups is 2. The molecule has 9 nitrogen and oxygen atoms in total. The lowest BCUT2D eigenvalue weighted by Gasteiger charge is -2.19. The molecule has 2 unspecified atom stereocenters. The molecule has 0 rings (SSSR count). The van der Waals surface area contributed by atoms with Gasteiger partial charge in [-0.05, 0) is 44.9 Å². The largest absolute Gasteiger partial charge is 0.472 e. The van der Waals surface area contributed by atoms with Crippen molar-refractivity contribution in [1.29, 1.82) is 0 Å². The van der Waals surface area contributed by atoms with Gasteiger partial charge < -0.3 is 20.1 Å². The molecule has 0 aliphatic rings. The van der Waals surface area contributed by atoms with E-state index in [4.69, 9.17) is 24.3 Å². The zero-order valence-corrected chi connectivity index (χ0v) is 29.1. The second kappa shape index (κ2) is 32.6. The Morgan fingerprint density at radius 2 is 1.13 bits per heavy atom. The van der Waals surface area contributed by atoms with Gasteiger partial charge in [0.1, 0.15) is 6.61 Å². The van der Waals surface area contributed by atoms with Gasteiger partial charge in [-0.2, -0.15) is 0 Å². The van der Waals surface area contributed by atoms with Gasteiger partial charge in [0.15, 0.2) is 6.10 Å². The van der Waals surface area contributed by atoms with E-state index in [2.05, 4.69) is 32.1 Å². The van der Waals surface area contributed by atoms with Crippen LogP contribution in [0.1, 0.15) is 78.1 Å². The lowest BCUT2D eigenvalue weighted by Crippen LogP contribution is -2.29. The topological polar surface area (TPSA) is 134 Å². The van der Waals surface area contributed by atoms with Gasteiger partial charge in [0.25, 0.3) is 0 Å². The van der Waals surface area contributed by atoms with Crippen LogP contribution in [0.25, 0.3) is 0 Å². The number of nitrogens with two attached hydrogens (primary N) is 1. The molecular weight excluding hydrogens is 617 g/mol. The summed E-state index contributed by atoms with van der Waals surface area (Å²) in [7, 11) is -4.40. The number of esters is 2. The van der Waals surface area contributed by atoms with Crippen molar-refractivity contribution in [3.63, 3.8) is 0 Å². The minimum Gasteiger partial charge on any atom is -0.462 e. The Labute approximate surface area is 282 Å². The van der Waals surface area contributed by atoms with Crippen LogP contribution in [0, 0.1) is 0 Å². The number of phosphoric ester groups is 1. The molecule has 0 aromatic heterocycles. The van der Waals surface area contributed by atoms with Gasteiger partial charge >= 0.3 is 19.8 Å². The first-order valence-electron chi connectivity index (χ1n) is 16.5. The lowest BCUT2D eigenvalue weighted by molar-refractivity contribution is -0.161. The molecule has 0 amide bonds. The van der Waals surface area contributed by atoms with Crippen LogP contribution >= 0.6 is 7.82 Å². The molecule has 0 radical (unpaired) electrons. The molecular formula is C37H56NO8P. The molecule has 0 heterocycles. The van der Waals surface area contributed by atoms with Crippen LogP contribution in [0.5, 0.6) is 0 Å². The third kappa shape index (κ3) is 32.4. The van der Waals surface area contributed by atoms with Crippen LogP contribution in [-0.2, 0) is 32.7 Å². The second-order valence-electron chi connectivity index (χ2n) is 10.1. The van der Waals surface area contributed by atoms with Crippen molar-refractivity contribution in [2.24, 2.45) is 5.73 Å². The van der Waals surface area contributed by atoms with E-state index in [0.717, 1.165) is 32.1 Å². The highest BCUT2D eigenvalue weighted by atomic mass is 31.2. The molecule has 2 atom stereocenters. The first-order chi connectivity index (χ1) is 22.8. The predicted octanol–water partition coefficient (Wildman–Crippen LogP) is 8.48. The van der Waals surface area contributed by atoms with E-state index in [1.807, 2.05) is 91.1 Å². The van der Waals surface area contributed by atoms with Gasteiger partial charge in [-0.1, -0.05) is 130 Å². The summed E-state index contributed by atoms with van der Waals surface area (Å²) in [6, 6.07) is 0. The molecule has 0 aliphatic carbocycles. The number of carbonyl (C=O) groups excluding carboxylic acids is 2. The van der Waals surface area contributed by atoms with Crippen molar-refractivity contribution in [3.8, 4) is 0 Å². The van der Waals surface area contributed by atoms with Crippen molar-refractivity contribution >= 4 is 19.8 Å². The average Bonchev–Trinajstić information content (AvgIpc) is 3.05. The van der Waals surface area contributed by atoms with Gasteiger partial charge in [0.2, 0.25) is 0 Å². The molecule has 0 spiro atoms. The molecule has 0 fully saturated rings. The molecule has 3 N–H and O–H groups in total. The van der Waals surface area contributed by atoms with Crippen LogP contribution < -0.4 is 5.73 Å². The highest BCUT2D eigenvalue weighted by molar-refractivity contribution is 7.47. The smallest absolute Gasteiger partial charge is 0.462 e.